The minimum absolute atomic E-state index is 0.207. The molecule has 1 N–H and O–H groups in total. The molecule has 0 aromatic rings. The molecule has 0 aliphatic rings. The van der Waals surface area contributed by atoms with Gasteiger partial charge in [-0.3, -0.25) is 0 Å². The van der Waals surface area contributed by atoms with E-state index in [1.807, 2.05) is 13.1 Å². The first-order valence-electron chi connectivity index (χ1n) is 7.11. The molecule has 1 unspecified atom stereocenters. The Balaban J connectivity index is 5.19. The second kappa shape index (κ2) is 5.39. The second-order valence-electron chi connectivity index (χ2n) is 7.71. The molecule has 4 heteroatoms. The van der Waals surface area contributed by atoms with Gasteiger partial charge in [-0.25, -0.2) is 0 Å². The van der Waals surface area contributed by atoms with Crippen molar-refractivity contribution in [1.29, 1.82) is 0 Å². The zero-order valence-electron chi connectivity index (χ0n) is 14.1. The SMILES string of the molecule is CCC(C)C(C)(C)[Si](C)(C)OC(C)(C)[Si](C)(C)O. The summed E-state index contributed by atoms with van der Waals surface area (Å²) in [5.74, 6) is 0.637. The molecule has 2 nitrogen and oxygen atoms in total. The van der Waals surface area contributed by atoms with Crippen LogP contribution in [-0.4, -0.2) is 26.7 Å². The van der Waals surface area contributed by atoms with Crippen LogP contribution in [0.3, 0.4) is 0 Å². The lowest BCUT2D eigenvalue weighted by atomic mass is 9.94. The molecule has 0 rings (SSSR count). The Hall–Kier alpha value is 0.354. The Bertz CT molecular complexity index is 278. The molecule has 0 radical (unpaired) electrons. The lowest BCUT2D eigenvalue weighted by Gasteiger charge is -2.49. The lowest BCUT2D eigenvalue weighted by molar-refractivity contribution is 0.137. The molecule has 0 saturated carbocycles. The van der Waals surface area contributed by atoms with Gasteiger partial charge in [-0.15, -0.1) is 0 Å². The van der Waals surface area contributed by atoms with Gasteiger partial charge in [0.05, 0.1) is 5.22 Å². The van der Waals surface area contributed by atoms with E-state index in [1.54, 1.807) is 0 Å². The van der Waals surface area contributed by atoms with Crippen molar-refractivity contribution in [2.45, 2.75) is 84.4 Å². The summed E-state index contributed by atoms with van der Waals surface area (Å²) in [6.45, 7) is 21.8. The molecule has 0 saturated heterocycles. The van der Waals surface area contributed by atoms with Gasteiger partial charge in [0.25, 0.3) is 0 Å². The highest BCUT2D eigenvalue weighted by Crippen LogP contribution is 2.48. The van der Waals surface area contributed by atoms with Gasteiger partial charge < -0.3 is 9.22 Å². The van der Waals surface area contributed by atoms with Gasteiger partial charge in [0.15, 0.2) is 8.32 Å². The minimum atomic E-state index is -2.31. The maximum Gasteiger partial charge on any atom is 0.212 e. The smallest absolute Gasteiger partial charge is 0.212 e. The Morgan fingerprint density at radius 3 is 1.72 bits per heavy atom. The van der Waals surface area contributed by atoms with Gasteiger partial charge in [-0.05, 0) is 51.0 Å². The molecule has 0 bridgehead atoms. The Morgan fingerprint density at radius 2 is 1.44 bits per heavy atom. The van der Waals surface area contributed by atoms with Gasteiger partial charge in [0.1, 0.15) is 0 Å². The fourth-order valence-corrected chi connectivity index (χ4v) is 6.69. The normalized spacial score (nSPS) is 16.8. The maximum absolute atomic E-state index is 10.4. The van der Waals surface area contributed by atoms with Crippen molar-refractivity contribution in [3.8, 4) is 0 Å². The molecule has 0 aromatic carbocycles. The molecule has 0 aliphatic heterocycles. The van der Waals surface area contributed by atoms with Gasteiger partial charge >= 0.3 is 0 Å². The van der Waals surface area contributed by atoms with Crippen LogP contribution in [0.25, 0.3) is 0 Å². The average molecular weight is 291 g/mol. The topological polar surface area (TPSA) is 29.5 Å². The summed E-state index contributed by atoms with van der Waals surface area (Å²) < 4.78 is 6.53. The number of hydrogen-bond acceptors (Lipinski definition) is 2. The second-order valence-corrected chi connectivity index (χ2v) is 16.5. The lowest BCUT2D eigenvalue weighted by Crippen LogP contribution is -2.60. The fraction of sp³-hybridized carbons (Fsp3) is 1.00. The molecule has 1 atom stereocenters. The molecular formula is C14H34O2Si2. The van der Waals surface area contributed by atoms with E-state index in [1.165, 1.54) is 6.42 Å². The highest BCUT2D eigenvalue weighted by Gasteiger charge is 2.50. The predicted octanol–water partition coefficient (Wildman–Crippen LogP) is 4.55. The van der Waals surface area contributed by atoms with Crippen LogP contribution in [0.1, 0.15) is 48.0 Å². The molecular weight excluding hydrogens is 256 g/mol. The fourth-order valence-electron chi connectivity index (χ4n) is 2.00. The molecule has 0 spiro atoms. The molecule has 0 aliphatic carbocycles. The molecule has 0 aromatic heterocycles. The van der Waals surface area contributed by atoms with E-state index in [-0.39, 0.29) is 10.3 Å². The van der Waals surface area contributed by atoms with Crippen molar-refractivity contribution in [3.63, 3.8) is 0 Å². The third-order valence-electron chi connectivity index (χ3n) is 5.38. The van der Waals surface area contributed by atoms with E-state index < -0.39 is 16.6 Å². The molecule has 110 valence electrons. The van der Waals surface area contributed by atoms with Crippen LogP contribution in [-0.2, 0) is 4.43 Å². The molecule has 0 amide bonds. The zero-order valence-corrected chi connectivity index (χ0v) is 16.1. The number of hydrogen-bond donors (Lipinski definition) is 1. The Kier molecular flexibility index (Phi) is 5.49. The van der Waals surface area contributed by atoms with Gasteiger partial charge in [0, 0.05) is 0 Å². The van der Waals surface area contributed by atoms with E-state index in [4.69, 9.17) is 4.43 Å². The van der Waals surface area contributed by atoms with Crippen molar-refractivity contribution in [2.75, 3.05) is 0 Å². The minimum Gasteiger partial charge on any atom is -0.429 e. The van der Waals surface area contributed by atoms with E-state index in [9.17, 15) is 4.80 Å². The first-order chi connectivity index (χ1) is 7.69. The van der Waals surface area contributed by atoms with Crippen LogP contribution < -0.4 is 0 Å². The quantitative estimate of drug-likeness (QED) is 0.727. The summed E-state index contributed by atoms with van der Waals surface area (Å²) in [6, 6.07) is 0. The average Bonchev–Trinajstić information content (AvgIpc) is 2.12. The maximum atomic E-state index is 10.4. The summed E-state index contributed by atoms with van der Waals surface area (Å²) in [5, 5.41) is -0.174. The van der Waals surface area contributed by atoms with Crippen LogP contribution in [0.4, 0.5) is 0 Å². The van der Waals surface area contributed by atoms with E-state index >= 15 is 0 Å². The van der Waals surface area contributed by atoms with Crippen LogP contribution in [0, 0.1) is 5.92 Å². The van der Waals surface area contributed by atoms with Crippen molar-refractivity contribution >= 4 is 16.6 Å². The van der Waals surface area contributed by atoms with Crippen molar-refractivity contribution in [1.82, 2.24) is 0 Å². The summed E-state index contributed by atoms with van der Waals surface area (Å²) in [7, 11) is -4.19. The standard InChI is InChI=1S/C14H34O2Si2/c1-11-12(2)13(3,4)18(9,10)16-14(5,6)17(7,8)15/h12,15H,11H2,1-10H3. The molecule has 0 fully saturated rings. The first-order valence-corrected chi connectivity index (χ1v) is 13.0. The molecule has 0 heterocycles. The largest absolute Gasteiger partial charge is 0.429 e. The van der Waals surface area contributed by atoms with Crippen LogP contribution in [0.2, 0.25) is 31.2 Å². The Labute approximate surface area is 116 Å². The van der Waals surface area contributed by atoms with Gasteiger partial charge in [-0.2, -0.15) is 0 Å². The highest BCUT2D eigenvalue weighted by molar-refractivity contribution is 6.78. The molecule has 18 heavy (non-hydrogen) atoms. The Morgan fingerprint density at radius 1 is 1.06 bits per heavy atom. The predicted molar refractivity (Wildman–Crippen MR) is 85.8 cm³/mol. The van der Waals surface area contributed by atoms with E-state index in [0.717, 1.165) is 0 Å². The summed E-state index contributed by atoms with van der Waals surface area (Å²) >= 11 is 0. The number of rotatable bonds is 6. The van der Waals surface area contributed by atoms with E-state index in [0.29, 0.717) is 5.92 Å². The summed E-state index contributed by atoms with van der Waals surface area (Å²) in [5.41, 5.74) is 0. The van der Waals surface area contributed by atoms with Crippen LogP contribution in [0.5, 0.6) is 0 Å². The highest BCUT2D eigenvalue weighted by atomic mass is 28.4. The van der Waals surface area contributed by atoms with Crippen molar-refractivity contribution in [2.24, 2.45) is 5.92 Å². The van der Waals surface area contributed by atoms with Crippen molar-refractivity contribution in [3.05, 3.63) is 0 Å². The van der Waals surface area contributed by atoms with Crippen LogP contribution >= 0.6 is 0 Å². The van der Waals surface area contributed by atoms with Crippen LogP contribution in [0.15, 0.2) is 0 Å². The summed E-state index contributed by atoms with van der Waals surface area (Å²) in [4.78, 5) is 10.4. The summed E-state index contributed by atoms with van der Waals surface area (Å²) in [6.07, 6.45) is 1.17. The van der Waals surface area contributed by atoms with E-state index in [2.05, 4.69) is 54.6 Å². The third kappa shape index (κ3) is 3.68. The third-order valence-corrected chi connectivity index (χ3v) is 13.2. The van der Waals surface area contributed by atoms with Gasteiger partial charge in [-0.1, -0.05) is 34.1 Å². The first kappa shape index (κ1) is 18.4. The monoisotopic (exact) mass is 290 g/mol. The zero-order chi connectivity index (χ0) is 15.0. The van der Waals surface area contributed by atoms with Crippen molar-refractivity contribution < 1.29 is 9.22 Å². The van der Waals surface area contributed by atoms with Gasteiger partial charge in [0.2, 0.25) is 8.32 Å².